The smallest absolute Gasteiger partial charge is 0.272 e. The molecule has 1 atom stereocenters. The molecule has 1 aromatic heterocycles. The number of halogens is 2. The third-order valence-corrected chi connectivity index (χ3v) is 5.63. The van der Waals surface area contributed by atoms with E-state index in [2.05, 4.69) is 15.3 Å². The zero-order valence-corrected chi connectivity index (χ0v) is 18.7. The minimum absolute atomic E-state index is 0.0430. The van der Waals surface area contributed by atoms with Crippen molar-refractivity contribution in [3.63, 3.8) is 0 Å². The predicted molar refractivity (Wildman–Crippen MR) is 115 cm³/mol. The summed E-state index contributed by atoms with van der Waals surface area (Å²) in [5.74, 6) is 0.310. The van der Waals surface area contributed by atoms with Crippen LogP contribution < -0.4 is 10.1 Å². The summed E-state index contributed by atoms with van der Waals surface area (Å²) in [6.45, 7) is 10.2. The number of ether oxygens (including phenoxy) is 2. The van der Waals surface area contributed by atoms with E-state index in [9.17, 15) is 13.6 Å². The first-order chi connectivity index (χ1) is 15.2. The van der Waals surface area contributed by atoms with Gasteiger partial charge in [-0.25, -0.2) is 8.78 Å². The molecule has 32 heavy (non-hydrogen) atoms. The van der Waals surface area contributed by atoms with Crippen molar-refractivity contribution in [1.82, 2.24) is 20.0 Å². The molecule has 0 bridgehead atoms. The van der Waals surface area contributed by atoms with Crippen LogP contribution in [0.1, 0.15) is 54.5 Å². The van der Waals surface area contributed by atoms with Crippen LogP contribution in [-0.4, -0.2) is 58.5 Å². The molecule has 174 valence electrons. The number of fused-ring (bicyclic) bond motifs is 2. The number of benzene rings is 1. The number of hydrogen-bond donors (Lipinski definition) is 1. The van der Waals surface area contributed by atoms with E-state index in [4.69, 9.17) is 9.47 Å². The van der Waals surface area contributed by atoms with Gasteiger partial charge in [0, 0.05) is 25.2 Å². The van der Waals surface area contributed by atoms with Gasteiger partial charge in [0.25, 0.3) is 12.3 Å². The van der Waals surface area contributed by atoms with Crippen molar-refractivity contribution in [2.24, 2.45) is 0 Å². The zero-order valence-electron chi connectivity index (χ0n) is 18.7. The lowest BCUT2D eigenvalue weighted by molar-refractivity contribution is -0.0158. The molecule has 2 aromatic rings. The fourth-order valence-electron chi connectivity index (χ4n) is 4.01. The molecule has 1 aromatic carbocycles. The summed E-state index contributed by atoms with van der Waals surface area (Å²) in [5.41, 5.74) is 1.83. The minimum Gasteiger partial charge on any atom is -0.491 e. The highest BCUT2D eigenvalue weighted by Crippen LogP contribution is 2.29. The molecule has 0 radical (unpaired) electrons. The van der Waals surface area contributed by atoms with Crippen LogP contribution in [0, 0.1) is 0 Å². The van der Waals surface area contributed by atoms with Gasteiger partial charge >= 0.3 is 0 Å². The van der Waals surface area contributed by atoms with Gasteiger partial charge in [0.05, 0.1) is 30.5 Å². The van der Waals surface area contributed by atoms with Crippen LogP contribution in [0.15, 0.2) is 24.3 Å². The Labute approximate surface area is 186 Å². The molecular weight excluding hydrogens is 418 g/mol. The maximum Gasteiger partial charge on any atom is 0.272 e. The predicted octanol–water partition coefficient (Wildman–Crippen LogP) is 3.18. The van der Waals surface area contributed by atoms with Gasteiger partial charge in [-0.05, 0) is 57.0 Å². The molecule has 1 N–H and O–H groups in total. The average molecular weight is 449 g/mol. The SMILES string of the molecule is CC(C)(C)OCCN1CCn2nc(C(=O)NC3COc4ccc(C(F)F)cc4C3)cc2C1. The molecule has 7 nitrogen and oxygen atoms in total. The molecule has 4 rings (SSSR count). The van der Waals surface area contributed by atoms with E-state index < -0.39 is 6.43 Å². The van der Waals surface area contributed by atoms with Crippen molar-refractivity contribution in [1.29, 1.82) is 0 Å². The Morgan fingerprint density at radius 1 is 1.31 bits per heavy atom. The highest BCUT2D eigenvalue weighted by molar-refractivity contribution is 5.92. The van der Waals surface area contributed by atoms with Gasteiger partial charge in [0.2, 0.25) is 0 Å². The number of carbonyl (C=O) groups excluding carboxylic acids is 1. The zero-order chi connectivity index (χ0) is 22.9. The maximum atomic E-state index is 13.0. The van der Waals surface area contributed by atoms with E-state index in [0.717, 1.165) is 18.8 Å². The van der Waals surface area contributed by atoms with Crippen LogP contribution in [0.2, 0.25) is 0 Å². The van der Waals surface area contributed by atoms with Crippen LogP contribution in [0.25, 0.3) is 0 Å². The largest absolute Gasteiger partial charge is 0.491 e. The molecule has 0 spiro atoms. The van der Waals surface area contributed by atoms with Crippen molar-refractivity contribution >= 4 is 5.91 Å². The molecule has 3 heterocycles. The van der Waals surface area contributed by atoms with Crippen molar-refractivity contribution in [3.05, 3.63) is 46.8 Å². The Hall–Kier alpha value is -2.52. The van der Waals surface area contributed by atoms with Crippen LogP contribution >= 0.6 is 0 Å². The van der Waals surface area contributed by atoms with Crippen molar-refractivity contribution < 1.29 is 23.0 Å². The number of nitrogens with zero attached hydrogens (tertiary/aromatic N) is 3. The third-order valence-electron chi connectivity index (χ3n) is 5.63. The van der Waals surface area contributed by atoms with E-state index in [1.54, 1.807) is 6.07 Å². The summed E-state index contributed by atoms with van der Waals surface area (Å²) in [6, 6.07) is 5.91. The van der Waals surface area contributed by atoms with Crippen molar-refractivity contribution in [2.75, 3.05) is 26.3 Å². The molecular formula is C23H30F2N4O3. The van der Waals surface area contributed by atoms with E-state index >= 15 is 0 Å². The number of aromatic nitrogens is 2. The Balaban J connectivity index is 1.34. The number of rotatable bonds is 6. The van der Waals surface area contributed by atoms with Gasteiger partial charge in [-0.2, -0.15) is 5.10 Å². The number of nitrogens with one attached hydrogen (secondary N) is 1. The molecule has 1 unspecified atom stereocenters. The van der Waals surface area contributed by atoms with Crippen LogP contribution in [0.3, 0.4) is 0 Å². The van der Waals surface area contributed by atoms with Gasteiger partial charge in [-0.15, -0.1) is 0 Å². The molecule has 2 aliphatic heterocycles. The van der Waals surface area contributed by atoms with Gasteiger partial charge in [-0.1, -0.05) is 0 Å². The number of carbonyl (C=O) groups is 1. The maximum absolute atomic E-state index is 13.0. The number of alkyl halides is 2. The first-order valence-corrected chi connectivity index (χ1v) is 11.0. The fourth-order valence-corrected chi connectivity index (χ4v) is 4.01. The first kappa shape index (κ1) is 22.7. The number of amides is 1. The summed E-state index contributed by atoms with van der Waals surface area (Å²) in [4.78, 5) is 15.1. The topological polar surface area (TPSA) is 68.6 Å². The van der Waals surface area contributed by atoms with Gasteiger partial charge in [-0.3, -0.25) is 14.4 Å². The van der Waals surface area contributed by atoms with E-state index in [1.165, 1.54) is 12.1 Å². The summed E-state index contributed by atoms with van der Waals surface area (Å²) in [5, 5.41) is 7.39. The van der Waals surface area contributed by atoms with Gasteiger partial charge in [0.1, 0.15) is 12.4 Å². The molecule has 0 aliphatic carbocycles. The second kappa shape index (κ2) is 9.15. The monoisotopic (exact) mass is 448 g/mol. The molecule has 0 saturated heterocycles. The highest BCUT2D eigenvalue weighted by Gasteiger charge is 2.26. The normalized spacial score (nSPS) is 18.8. The summed E-state index contributed by atoms with van der Waals surface area (Å²) < 4.78 is 39.3. The lowest BCUT2D eigenvalue weighted by Gasteiger charge is -2.28. The molecule has 0 saturated carbocycles. The van der Waals surface area contributed by atoms with Crippen LogP contribution in [0.4, 0.5) is 8.78 Å². The lowest BCUT2D eigenvalue weighted by Crippen LogP contribution is -2.43. The van der Waals surface area contributed by atoms with E-state index in [-0.39, 0.29) is 23.1 Å². The molecule has 0 fully saturated rings. The third kappa shape index (κ3) is 5.45. The quantitative estimate of drug-likeness (QED) is 0.735. The lowest BCUT2D eigenvalue weighted by atomic mass is 10.00. The second-order valence-electron chi connectivity index (χ2n) is 9.33. The summed E-state index contributed by atoms with van der Waals surface area (Å²) >= 11 is 0. The van der Waals surface area contributed by atoms with Crippen LogP contribution in [-0.2, 0) is 24.2 Å². The Morgan fingerprint density at radius 2 is 2.12 bits per heavy atom. The Morgan fingerprint density at radius 3 is 2.88 bits per heavy atom. The van der Waals surface area contributed by atoms with Crippen molar-refractivity contribution in [2.45, 2.75) is 58.3 Å². The fraction of sp³-hybridized carbons (Fsp3) is 0.565. The molecule has 2 aliphatic rings. The van der Waals surface area contributed by atoms with Gasteiger partial charge in [0.15, 0.2) is 5.69 Å². The average Bonchev–Trinajstić information content (AvgIpc) is 3.16. The van der Waals surface area contributed by atoms with E-state index in [0.29, 0.717) is 49.7 Å². The highest BCUT2D eigenvalue weighted by atomic mass is 19.3. The Kier molecular flexibility index (Phi) is 6.48. The second-order valence-corrected chi connectivity index (χ2v) is 9.33. The van der Waals surface area contributed by atoms with Crippen molar-refractivity contribution in [3.8, 4) is 5.75 Å². The van der Waals surface area contributed by atoms with Gasteiger partial charge < -0.3 is 14.8 Å². The number of hydrogen-bond acceptors (Lipinski definition) is 5. The minimum atomic E-state index is -2.54. The summed E-state index contributed by atoms with van der Waals surface area (Å²) in [7, 11) is 0. The van der Waals surface area contributed by atoms with E-state index in [1.807, 2.05) is 31.5 Å². The molecule has 1 amide bonds. The molecule has 9 heteroatoms. The standard InChI is InChI=1S/C23H30F2N4O3/c1-23(2,3)32-9-8-28-6-7-29-18(13-28)12-19(27-29)22(30)26-17-11-16-10-15(21(24)25)4-5-20(16)31-14-17/h4-5,10,12,17,21H,6-9,11,13-14H2,1-3H3,(H,26,30). The first-order valence-electron chi connectivity index (χ1n) is 11.0. The van der Waals surface area contributed by atoms with Crippen LogP contribution in [0.5, 0.6) is 5.75 Å². The summed E-state index contributed by atoms with van der Waals surface area (Å²) in [6.07, 6.45) is -2.09. The Bertz CT molecular complexity index is 971.